The molecule has 8 heteroatoms. The molecule has 0 saturated carbocycles. The molecule has 0 bridgehead atoms. The van der Waals surface area contributed by atoms with Gasteiger partial charge in [-0.1, -0.05) is 12.1 Å². The van der Waals surface area contributed by atoms with Gasteiger partial charge in [0.05, 0.1) is 11.4 Å². The van der Waals surface area contributed by atoms with Crippen molar-refractivity contribution in [3.05, 3.63) is 24.3 Å². The third kappa shape index (κ3) is 3.93. The summed E-state index contributed by atoms with van der Waals surface area (Å²) in [4.78, 5) is 23.6. The molecule has 1 aromatic carbocycles. The zero-order chi connectivity index (χ0) is 13.2. The molecule has 1 aromatic rings. The van der Waals surface area contributed by atoms with Crippen molar-refractivity contribution in [2.24, 2.45) is 0 Å². The summed E-state index contributed by atoms with van der Waals surface area (Å²) in [7, 11) is 0. The number of carbonyl (C=O) groups excluding carboxylic acids is 2. The topological polar surface area (TPSA) is 67.4 Å². The number of amides is 1. The maximum atomic E-state index is 11.5. The van der Waals surface area contributed by atoms with Crippen molar-refractivity contribution < 1.29 is 36.7 Å². The van der Waals surface area contributed by atoms with Crippen LogP contribution in [0.3, 0.4) is 0 Å². The molecule has 0 saturated heterocycles. The van der Waals surface area contributed by atoms with Gasteiger partial charge in [-0.25, -0.2) is 0 Å². The van der Waals surface area contributed by atoms with Gasteiger partial charge in [-0.2, -0.15) is 12.6 Å². The smallest absolute Gasteiger partial charge is 0.410 e. The molecule has 0 fully saturated rings. The van der Waals surface area contributed by atoms with Crippen molar-refractivity contribution in [3.63, 3.8) is 0 Å². The monoisotopic (exact) mass is 391 g/mol. The number of rotatable bonds is 3. The molecule has 0 radical (unpaired) electrons. The van der Waals surface area contributed by atoms with Gasteiger partial charge in [-0.3, -0.25) is 14.9 Å². The molecule has 1 heterocycles. The molecule has 0 aromatic heterocycles. The molecular weight excluding hydrogens is 380 g/mol. The van der Waals surface area contributed by atoms with Crippen molar-refractivity contribution in [1.82, 2.24) is 5.32 Å². The number of carbonyl (C=O) groups is 2. The van der Waals surface area contributed by atoms with Crippen molar-refractivity contribution in [1.29, 1.82) is 0 Å². The van der Waals surface area contributed by atoms with E-state index in [0.29, 0.717) is 0 Å². The minimum Gasteiger partial charge on any atom is -0.410 e. The van der Waals surface area contributed by atoms with Gasteiger partial charge in [0, 0.05) is 11.8 Å². The van der Waals surface area contributed by atoms with E-state index < -0.39 is 11.2 Å². The first-order chi connectivity index (χ1) is 8.54. The van der Waals surface area contributed by atoms with E-state index in [1.54, 1.807) is 0 Å². The van der Waals surface area contributed by atoms with E-state index in [2.05, 4.69) is 23.3 Å². The van der Waals surface area contributed by atoms with E-state index in [-0.39, 0.29) is 34.0 Å². The average molecular weight is 392 g/mol. The number of thioether (sulfide) groups is 1. The van der Waals surface area contributed by atoms with E-state index in [1.807, 2.05) is 24.3 Å². The summed E-state index contributed by atoms with van der Waals surface area (Å²) in [5, 5.41) is 4.33. The SMILES string of the molecule is CC(=O)OC1(NC(=O)CS)Nc2ccccc2S1.[Ag+]. The first kappa shape index (κ1) is 16.5. The molecule has 0 aliphatic carbocycles. The number of para-hydroxylation sites is 1. The summed E-state index contributed by atoms with van der Waals surface area (Å²) in [5.41, 5.74) is 0.809. The number of thiol groups is 1. The Labute approximate surface area is 136 Å². The fourth-order valence-electron chi connectivity index (χ4n) is 1.57. The van der Waals surface area contributed by atoms with Crippen LogP contribution in [-0.4, -0.2) is 22.8 Å². The molecule has 5 nitrogen and oxygen atoms in total. The van der Waals surface area contributed by atoms with Gasteiger partial charge in [0.1, 0.15) is 0 Å². The van der Waals surface area contributed by atoms with Gasteiger partial charge < -0.3 is 10.1 Å². The van der Waals surface area contributed by atoms with Crippen LogP contribution in [0.1, 0.15) is 6.92 Å². The van der Waals surface area contributed by atoms with Crippen LogP contribution >= 0.6 is 24.4 Å². The average Bonchev–Trinajstić information content (AvgIpc) is 2.65. The molecule has 2 rings (SSSR count). The number of ether oxygens (including phenoxy) is 1. The number of hydrogen-bond donors (Lipinski definition) is 3. The summed E-state index contributed by atoms with van der Waals surface area (Å²) >= 11 is 5.12. The van der Waals surface area contributed by atoms with Crippen LogP contribution in [0.25, 0.3) is 0 Å². The fourth-order valence-corrected chi connectivity index (χ4v) is 2.82. The van der Waals surface area contributed by atoms with Gasteiger partial charge in [-0.15, -0.1) is 0 Å². The second-order valence-corrected chi connectivity index (χ2v) is 5.17. The predicted octanol–water partition coefficient (Wildman–Crippen LogP) is 1.42. The van der Waals surface area contributed by atoms with Crippen molar-refractivity contribution in [3.8, 4) is 0 Å². The van der Waals surface area contributed by atoms with Crippen molar-refractivity contribution >= 4 is 42.0 Å². The van der Waals surface area contributed by atoms with Crippen LogP contribution < -0.4 is 10.6 Å². The number of hydrogen-bond acceptors (Lipinski definition) is 6. The van der Waals surface area contributed by atoms with E-state index in [1.165, 1.54) is 18.7 Å². The van der Waals surface area contributed by atoms with Gasteiger partial charge in [-0.05, 0) is 23.9 Å². The van der Waals surface area contributed by atoms with Crippen LogP contribution in [0.4, 0.5) is 5.69 Å². The number of benzene rings is 1. The molecule has 1 atom stereocenters. The Morgan fingerprint density at radius 3 is 2.74 bits per heavy atom. The maximum Gasteiger partial charge on any atom is 1.00 e. The van der Waals surface area contributed by atoms with Crippen LogP contribution in [0.2, 0.25) is 0 Å². The Morgan fingerprint density at radius 1 is 1.47 bits per heavy atom. The zero-order valence-electron chi connectivity index (χ0n) is 9.90. The molecule has 106 valence electrons. The van der Waals surface area contributed by atoms with Gasteiger partial charge in [0.15, 0.2) is 0 Å². The largest absolute Gasteiger partial charge is 1.00 e. The standard InChI is InChI=1S/C11H12N2O3S2.Ag/c1-7(14)16-11(13-10(15)6-17)12-8-4-2-3-5-9(8)18-11;/h2-5,12,17H,6H2,1H3,(H,13,15);/q;+1. The minimum absolute atomic E-state index is 0. The van der Waals surface area contributed by atoms with E-state index >= 15 is 0 Å². The Balaban J connectivity index is 0.00000180. The molecule has 1 amide bonds. The molecule has 0 spiro atoms. The Kier molecular flexibility index (Phi) is 5.82. The molecule has 2 N–H and O–H groups in total. The zero-order valence-corrected chi connectivity index (χ0v) is 13.1. The van der Waals surface area contributed by atoms with E-state index in [4.69, 9.17) is 4.74 Å². The summed E-state index contributed by atoms with van der Waals surface area (Å²) in [6.07, 6.45) is 0. The number of fused-ring (bicyclic) bond motifs is 1. The summed E-state index contributed by atoms with van der Waals surface area (Å²) in [5.74, 6) is -0.795. The van der Waals surface area contributed by atoms with Crippen molar-refractivity contribution in [2.45, 2.75) is 17.0 Å². The summed E-state index contributed by atoms with van der Waals surface area (Å²) in [6.45, 7) is 1.29. The number of nitrogens with one attached hydrogen (secondary N) is 2. The Morgan fingerprint density at radius 2 is 2.16 bits per heavy atom. The molecule has 19 heavy (non-hydrogen) atoms. The molecule has 1 aliphatic heterocycles. The minimum atomic E-state index is -1.28. The second-order valence-electron chi connectivity index (χ2n) is 3.64. The van der Waals surface area contributed by atoms with Crippen LogP contribution in [-0.2, 0) is 36.7 Å². The van der Waals surface area contributed by atoms with E-state index in [0.717, 1.165) is 10.6 Å². The number of esters is 1. The van der Waals surface area contributed by atoms with Gasteiger partial charge >= 0.3 is 33.5 Å². The number of anilines is 1. The normalized spacial score (nSPS) is 19.7. The van der Waals surface area contributed by atoms with Crippen LogP contribution in [0, 0.1) is 0 Å². The molecular formula is C11H12AgN2O3S2+. The predicted molar refractivity (Wildman–Crippen MR) is 72.4 cm³/mol. The summed E-state index contributed by atoms with van der Waals surface area (Å²) < 4.78 is 5.20. The maximum absolute atomic E-state index is 11.5. The Bertz CT molecular complexity index is 474. The van der Waals surface area contributed by atoms with Gasteiger partial charge in [0.25, 0.3) is 0 Å². The quantitative estimate of drug-likeness (QED) is 0.314. The van der Waals surface area contributed by atoms with Crippen LogP contribution in [0.5, 0.6) is 0 Å². The van der Waals surface area contributed by atoms with E-state index in [9.17, 15) is 9.59 Å². The fraction of sp³-hybridized carbons (Fsp3) is 0.273. The van der Waals surface area contributed by atoms with Crippen molar-refractivity contribution in [2.75, 3.05) is 11.1 Å². The third-order valence-electron chi connectivity index (χ3n) is 2.18. The Hall–Kier alpha value is -0.600. The third-order valence-corrected chi connectivity index (χ3v) is 3.61. The second kappa shape index (κ2) is 6.71. The van der Waals surface area contributed by atoms with Crippen LogP contribution in [0.15, 0.2) is 29.2 Å². The molecule has 1 unspecified atom stereocenters. The summed E-state index contributed by atoms with van der Waals surface area (Å²) in [6, 6.07) is 7.46. The van der Waals surface area contributed by atoms with Gasteiger partial charge in [0.2, 0.25) is 5.91 Å². The first-order valence-electron chi connectivity index (χ1n) is 5.22. The molecule has 1 aliphatic rings. The first-order valence-corrected chi connectivity index (χ1v) is 6.67.